The highest BCUT2D eigenvalue weighted by molar-refractivity contribution is 5.93. The molecule has 150 valence electrons. The number of amides is 1. The van der Waals surface area contributed by atoms with Crippen molar-refractivity contribution in [1.82, 2.24) is 25.2 Å². The summed E-state index contributed by atoms with van der Waals surface area (Å²) in [4.78, 5) is 15.2. The van der Waals surface area contributed by atoms with E-state index < -0.39 is 0 Å². The van der Waals surface area contributed by atoms with Crippen molar-refractivity contribution in [3.8, 4) is 16.8 Å². The van der Waals surface area contributed by atoms with Crippen LogP contribution in [0.1, 0.15) is 35.9 Å². The zero-order valence-corrected chi connectivity index (χ0v) is 17.0. The van der Waals surface area contributed by atoms with Crippen LogP contribution in [0.25, 0.3) is 16.8 Å². The first-order chi connectivity index (χ1) is 14.2. The number of hydrogen-bond acceptors (Lipinski definition) is 4. The van der Waals surface area contributed by atoms with Crippen LogP contribution in [-0.4, -0.2) is 51.5 Å². The minimum Gasteiger partial charge on any atom is -0.333 e. The summed E-state index contributed by atoms with van der Waals surface area (Å²) in [5.74, 6) is -0.0230. The van der Waals surface area contributed by atoms with E-state index in [4.69, 9.17) is 0 Å². The Morgan fingerprint density at radius 3 is 2.52 bits per heavy atom. The third kappa shape index (κ3) is 3.93. The van der Waals surface area contributed by atoms with Crippen molar-refractivity contribution in [2.24, 2.45) is 0 Å². The highest BCUT2D eigenvalue weighted by atomic mass is 16.2. The van der Waals surface area contributed by atoms with Gasteiger partial charge in [0.1, 0.15) is 0 Å². The first-order valence-corrected chi connectivity index (χ1v) is 10.3. The van der Waals surface area contributed by atoms with Crippen molar-refractivity contribution in [2.45, 2.75) is 32.7 Å². The Kier molecular flexibility index (Phi) is 5.71. The number of benzene rings is 2. The Balaban J connectivity index is 1.58. The molecule has 1 atom stereocenters. The van der Waals surface area contributed by atoms with Gasteiger partial charge in [0, 0.05) is 19.1 Å². The van der Waals surface area contributed by atoms with Gasteiger partial charge in [-0.1, -0.05) is 54.6 Å². The van der Waals surface area contributed by atoms with Crippen molar-refractivity contribution in [3.05, 3.63) is 66.0 Å². The van der Waals surface area contributed by atoms with Crippen molar-refractivity contribution < 1.29 is 4.79 Å². The van der Waals surface area contributed by atoms with Gasteiger partial charge in [-0.05, 0) is 49.6 Å². The fourth-order valence-corrected chi connectivity index (χ4v) is 3.93. The molecule has 2 heterocycles. The molecule has 1 saturated heterocycles. The largest absolute Gasteiger partial charge is 0.333 e. The predicted molar refractivity (Wildman–Crippen MR) is 114 cm³/mol. The maximum atomic E-state index is 13.2. The van der Waals surface area contributed by atoms with E-state index in [0.717, 1.165) is 49.4 Å². The standard InChI is InChI=1S/C23H27N5O/c1-3-15-27(21-13-14-24-16-21)23(29)22-17(2)28(26-25-22)20-11-9-19(10-12-20)18-7-5-4-6-8-18/h4-12,21,24H,3,13-16H2,1-2H3. The van der Waals surface area contributed by atoms with Crippen LogP contribution in [0.4, 0.5) is 0 Å². The first-order valence-electron chi connectivity index (χ1n) is 10.3. The van der Waals surface area contributed by atoms with Gasteiger partial charge in [0.25, 0.3) is 5.91 Å². The summed E-state index contributed by atoms with van der Waals surface area (Å²) in [6.07, 6.45) is 1.91. The van der Waals surface area contributed by atoms with Crippen LogP contribution >= 0.6 is 0 Å². The van der Waals surface area contributed by atoms with Crippen LogP contribution in [0.15, 0.2) is 54.6 Å². The molecular weight excluding hydrogens is 362 g/mol. The van der Waals surface area contributed by atoms with E-state index in [1.807, 2.05) is 42.2 Å². The smallest absolute Gasteiger partial charge is 0.276 e. The van der Waals surface area contributed by atoms with Crippen molar-refractivity contribution >= 4 is 5.91 Å². The van der Waals surface area contributed by atoms with Crippen LogP contribution in [0.3, 0.4) is 0 Å². The van der Waals surface area contributed by atoms with Gasteiger partial charge in [-0.25, -0.2) is 4.68 Å². The minimum atomic E-state index is -0.0230. The molecule has 1 aliphatic rings. The molecular formula is C23H27N5O. The van der Waals surface area contributed by atoms with Gasteiger partial charge >= 0.3 is 0 Å². The third-order valence-corrected chi connectivity index (χ3v) is 5.52. The number of hydrogen-bond donors (Lipinski definition) is 1. The second-order valence-electron chi connectivity index (χ2n) is 7.49. The minimum absolute atomic E-state index is 0.0230. The summed E-state index contributed by atoms with van der Waals surface area (Å²) >= 11 is 0. The molecule has 1 fully saturated rings. The van der Waals surface area contributed by atoms with E-state index in [1.165, 1.54) is 5.56 Å². The molecule has 0 spiro atoms. The molecule has 3 aromatic rings. The van der Waals surface area contributed by atoms with Gasteiger partial charge in [0.2, 0.25) is 0 Å². The van der Waals surface area contributed by atoms with Crippen molar-refractivity contribution in [3.63, 3.8) is 0 Å². The van der Waals surface area contributed by atoms with E-state index in [1.54, 1.807) is 4.68 Å². The summed E-state index contributed by atoms with van der Waals surface area (Å²) in [5, 5.41) is 11.9. The molecule has 4 rings (SSSR count). The van der Waals surface area contributed by atoms with Gasteiger partial charge < -0.3 is 10.2 Å². The fourth-order valence-electron chi connectivity index (χ4n) is 3.93. The fraction of sp³-hybridized carbons (Fsp3) is 0.348. The van der Waals surface area contributed by atoms with E-state index >= 15 is 0 Å². The van der Waals surface area contributed by atoms with Crippen LogP contribution in [0, 0.1) is 6.92 Å². The highest BCUT2D eigenvalue weighted by Crippen LogP contribution is 2.22. The molecule has 1 aliphatic heterocycles. The van der Waals surface area contributed by atoms with Gasteiger partial charge in [-0.3, -0.25) is 4.79 Å². The highest BCUT2D eigenvalue weighted by Gasteiger charge is 2.29. The molecule has 0 bridgehead atoms. The van der Waals surface area contributed by atoms with E-state index in [0.29, 0.717) is 5.69 Å². The zero-order chi connectivity index (χ0) is 20.2. The second-order valence-corrected chi connectivity index (χ2v) is 7.49. The molecule has 0 aliphatic carbocycles. The average molecular weight is 390 g/mol. The lowest BCUT2D eigenvalue weighted by atomic mass is 10.1. The first kappa shape index (κ1) is 19.3. The van der Waals surface area contributed by atoms with Crippen molar-refractivity contribution in [2.75, 3.05) is 19.6 Å². The van der Waals surface area contributed by atoms with E-state index in [-0.39, 0.29) is 11.9 Å². The lowest BCUT2D eigenvalue weighted by Gasteiger charge is -2.27. The molecule has 1 amide bonds. The quantitative estimate of drug-likeness (QED) is 0.701. The zero-order valence-electron chi connectivity index (χ0n) is 17.0. The number of nitrogens with zero attached hydrogens (tertiary/aromatic N) is 4. The average Bonchev–Trinajstić information content (AvgIpc) is 3.42. The normalized spacial score (nSPS) is 16.1. The van der Waals surface area contributed by atoms with Gasteiger partial charge in [-0.15, -0.1) is 5.10 Å². The maximum Gasteiger partial charge on any atom is 0.276 e. The van der Waals surface area contributed by atoms with Crippen molar-refractivity contribution in [1.29, 1.82) is 0 Å². The van der Waals surface area contributed by atoms with Gasteiger partial charge in [-0.2, -0.15) is 0 Å². The van der Waals surface area contributed by atoms with Gasteiger partial charge in [0.15, 0.2) is 5.69 Å². The summed E-state index contributed by atoms with van der Waals surface area (Å²) in [6, 6.07) is 18.7. The Morgan fingerprint density at radius 1 is 1.14 bits per heavy atom. The molecule has 2 aromatic carbocycles. The van der Waals surface area contributed by atoms with Crippen LogP contribution < -0.4 is 5.32 Å². The molecule has 6 heteroatoms. The summed E-state index contributed by atoms with van der Waals surface area (Å²) < 4.78 is 1.75. The second kappa shape index (κ2) is 8.57. The van der Waals surface area contributed by atoms with Crippen LogP contribution in [0.2, 0.25) is 0 Å². The van der Waals surface area contributed by atoms with Crippen LogP contribution in [-0.2, 0) is 0 Å². The maximum absolute atomic E-state index is 13.2. The molecule has 29 heavy (non-hydrogen) atoms. The number of aromatic nitrogens is 3. The van der Waals surface area contributed by atoms with Gasteiger partial charge in [0.05, 0.1) is 11.4 Å². The Hall–Kier alpha value is -2.99. The molecule has 0 saturated carbocycles. The number of nitrogens with one attached hydrogen (secondary N) is 1. The summed E-state index contributed by atoms with van der Waals surface area (Å²) in [5.41, 5.74) is 4.43. The monoisotopic (exact) mass is 389 g/mol. The van der Waals surface area contributed by atoms with Crippen LogP contribution in [0.5, 0.6) is 0 Å². The lowest BCUT2D eigenvalue weighted by molar-refractivity contribution is 0.0685. The Morgan fingerprint density at radius 2 is 1.86 bits per heavy atom. The molecule has 6 nitrogen and oxygen atoms in total. The van der Waals surface area contributed by atoms with E-state index in [9.17, 15) is 4.79 Å². The molecule has 1 aromatic heterocycles. The molecule has 1 unspecified atom stereocenters. The Labute approximate surface area is 171 Å². The lowest BCUT2D eigenvalue weighted by Crippen LogP contribution is -2.42. The summed E-state index contributed by atoms with van der Waals surface area (Å²) in [7, 11) is 0. The number of carbonyl (C=O) groups excluding carboxylic acids is 1. The summed E-state index contributed by atoms with van der Waals surface area (Å²) in [6.45, 7) is 6.55. The Bertz CT molecular complexity index is 959. The number of carbonyl (C=O) groups is 1. The molecule has 0 radical (unpaired) electrons. The number of rotatable bonds is 6. The molecule has 1 N–H and O–H groups in total. The predicted octanol–water partition coefficient (Wildman–Crippen LogP) is 3.46. The topological polar surface area (TPSA) is 63.1 Å². The third-order valence-electron chi connectivity index (χ3n) is 5.52. The SMILES string of the molecule is CCCN(C(=O)c1nnn(-c2ccc(-c3ccccc3)cc2)c1C)C1CCNC1. The van der Waals surface area contributed by atoms with E-state index in [2.05, 4.69) is 46.8 Å².